The zero-order valence-electron chi connectivity index (χ0n) is 10.5. The van der Waals surface area contributed by atoms with E-state index in [1.807, 2.05) is 11.4 Å². The molecule has 4 rings (SSSR count). The maximum atomic E-state index is 4.64. The molecule has 0 fully saturated rings. The highest BCUT2D eigenvalue weighted by Gasteiger charge is 2.24. The van der Waals surface area contributed by atoms with Crippen LogP contribution in [0.25, 0.3) is 4.96 Å². The topological polar surface area (TPSA) is 55.1 Å². The van der Waals surface area contributed by atoms with E-state index in [4.69, 9.17) is 0 Å². The average Bonchev–Trinajstić information content (AvgIpc) is 3.01. The monoisotopic (exact) mass is 271 g/mol. The van der Waals surface area contributed by atoms with E-state index in [1.165, 1.54) is 11.1 Å². The molecule has 2 aromatic heterocycles. The molecular weight excluding hydrogens is 258 g/mol. The molecule has 0 aliphatic carbocycles. The van der Waals surface area contributed by atoms with E-state index in [9.17, 15) is 0 Å². The Kier molecular flexibility index (Phi) is 2.39. The van der Waals surface area contributed by atoms with Crippen LogP contribution in [0.3, 0.4) is 0 Å². The van der Waals surface area contributed by atoms with Gasteiger partial charge in [0.25, 0.3) is 0 Å². The fourth-order valence-corrected chi connectivity index (χ4v) is 3.55. The third kappa shape index (κ3) is 1.67. The highest BCUT2D eigenvalue weighted by molar-refractivity contribution is 7.16. The Morgan fingerprint density at radius 2 is 2.21 bits per heavy atom. The molecule has 5 nitrogen and oxygen atoms in total. The third-order valence-corrected chi connectivity index (χ3v) is 4.48. The Balaban J connectivity index is 1.84. The van der Waals surface area contributed by atoms with Gasteiger partial charge in [-0.25, -0.2) is 0 Å². The minimum atomic E-state index is 0.177. The maximum Gasteiger partial charge on any atom is 0.234 e. The van der Waals surface area contributed by atoms with Gasteiger partial charge in [0.15, 0.2) is 5.82 Å². The number of fused-ring (bicyclic) bond motifs is 2. The molecule has 19 heavy (non-hydrogen) atoms. The fraction of sp³-hybridized carbons (Fsp3) is 0.308. The normalized spacial score (nSPS) is 18.7. The summed E-state index contributed by atoms with van der Waals surface area (Å²) >= 11 is 1.60. The van der Waals surface area contributed by atoms with Crippen molar-refractivity contribution in [3.63, 3.8) is 0 Å². The maximum absolute atomic E-state index is 4.64. The van der Waals surface area contributed by atoms with Crippen LogP contribution < -0.4 is 5.32 Å². The Labute approximate surface area is 114 Å². The van der Waals surface area contributed by atoms with E-state index >= 15 is 0 Å². The standard InChI is InChI=1S/C13H13N5S/c1-8-15-16-13-18(8)17-12(19-13)11-10-5-3-2-4-9(10)6-7-14-11/h2-5,11,14H,6-7H2,1H3. The lowest BCUT2D eigenvalue weighted by Crippen LogP contribution is -2.30. The van der Waals surface area contributed by atoms with Gasteiger partial charge in [0, 0.05) is 6.54 Å². The summed E-state index contributed by atoms with van der Waals surface area (Å²) in [5.74, 6) is 0.835. The lowest BCUT2D eigenvalue weighted by molar-refractivity contribution is 0.559. The molecular formula is C13H13N5S. The molecule has 0 radical (unpaired) electrons. The van der Waals surface area contributed by atoms with Gasteiger partial charge in [-0.15, -0.1) is 10.2 Å². The van der Waals surface area contributed by atoms with Gasteiger partial charge in [-0.2, -0.15) is 9.61 Å². The third-order valence-electron chi connectivity index (χ3n) is 3.52. The molecule has 0 saturated heterocycles. The molecule has 0 saturated carbocycles. The number of aryl methyl sites for hydroxylation is 1. The largest absolute Gasteiger partial charge is 0.304 e. The van der Waals surface area contributed by atoms with Gasteiger partial charge in [-0.05, 0) is 24.5 Å². The van der Waals surface area contributed by atoms with E-state index in [0.717, 1.165) is 28.8 Å². The van der Waals surface area contributed by atoms with Crippen LogP contribution in [0.1, 0.15) is 28.0 Å². The van der Waals surface area contributed by atoms with Crippen LogP contribution in [-0.2, 0) is 6.42 Å². The zero-order chi connectivity index (χ0) is 12.8. The van der Waals surface area contributed by atoms with E-state index in [-0.39, 0.29) is 6.04 Å². The van der Waals surface area contributed by atoms with Gasteiger partial charge in [0.1, 0.15) is 5.01 Å². The minimum Gasteiger partial charge on any atom is -0.304 e. The lowest BCUT2D eigenvalue weighted by atomic mass is 9.95. The summed E-state index contributed by atoms with van der Waals surface area (Å²) in [5, 5.41) is 17.4. The van der Waals surface area contributed by atoms with Gasteiger partial charge in [0.05, 0.1) is 6.04 Å². The predicted octanol–water partition coefficient (Wildman–Crippen LogP) is 1.73. The van der Waals surface area contributed by atoms with Gasteiger partial charge < -0.3 is 5.32 Å². The molecule has 1 atom stereocenters. The number of nitrogens with zero attached hydrogens (tertiary/aromatic N) is 4. The molecule has 0 spiro atoms. The Morgan fingerprint density at radius 3 is 3.11 bits per heavy atom. The Hall–Kier alpha value is -1.79. The second kappa shape index (κ2) is 4.11. The highest BCUT2D eigenvalue weighted by atomic mass is 32.1. The second-order valence-corrected chi connectivity index (χ2v) is 5.71. The Bertz CT molecular complexity index is 744. The van der Waals surface area contributed by atoms with Gasteiger partial charge in [-0.3, -0.25) is 0 Å². The van der Waals surface area contributed by atoms with E-state index < -0.39 is 0 Å². The number of benzene rings is 1. The summed E-state index contributed by atoms with van der Waals surface area (Å²) in [7, 11) is 0. The number of rotatable bonds is 1. The summed E-state index contributed by atoms with van der Waals surface area (Å²) in [5.41, 5.74) is 2.74. The molecule has 0 bridgehead atoms. The van der Waals surface area contributed by atoms with Crippen molar-refractivity contribution in [2.24, 2.45) is 0 Å². The number of hydrogen-bond donors (Lipinski definition) is 1. The van der Waals surface area contributed by atoms with Crippen LogP contribution in [0.4, 0.5) is 0 Å². The van der Waals surface area contributed by atoms with Crippen LogP contribution in [0.2, 0.25) is 0 Å². The van der Waals surface area contributed by atoms with Crippen molar-refractivity contribution in [2.45, 2.75) is 19.4 Å². The first kappa shape index (κ1) is 11.1. The minimum absolute atomic E-state index is 0.177. The molecule has 6 heteroatoms. The summed E-state index contributed by atoms with van der Waals surface area (Å²) in [6.07, 6.45) is 1.08. The second-order valence-electron chi connectivity index (χ2n) is 4.72. The van der Waals surface area contributed by atoms with Gasteiger partial charge in [-0.1, -0.05) is 35.6 Å². The molecule has 1 aliphatic heterocycles. The summed E-state index contributed by atoms with van der Waals surface area (Å²) < 4.78 is 1.82. The molecule has 1 N–H and O–H groups in total. The van der Waals surface area contributed by atoms with Crippen molar-refractivity contribution in [1.82, 2.24) is 25.1 Å². The first-order valence-electron chi connectivity index (χ1n) is 6.33. The van der Waals surface area contributed by atoms with Crippen molar-refractivity contribution in [3.05, 3.63) is 46.2 Å². The van der Waals surface area contributed by atoms with Crippen molar-refractivity contribution in [3.8, 4) is 0 Å². The van der Waals surface area contributed by atoms with Crippen LogP contribution in [0.15, 0.2) is 24.3 Å². The van der Waals surface area contributed by atoms with Gasteiger partial charge >= 0.3 is 0 Å². The molecule has 1 aromatic carbocycles. The van der Waals surface area contributed by atoms with E-state index in [0.29, 0.717) is 0 Å². The van der Waals surface area contributed by atoms with Crippen molar-refractivity contribution < 1.29 is 0 Å². The number of aromatic nitrogens is 4. The van der Waals surface area contributed by atoms with E-state index in [2.05, 4.69) is 44.9 Å². The van der Waals surface area contributed by atoms with Crippen LogP contribution >= 0.6 is 11.3 Å². The molecule has 3 heterocycles. The summed E-state index contributed by atoms with van der Waals surface area (Å²) in [6, 6.07) is 8.75. The number of nitrogens with one attached hydrogen (secondary N) is 1. The van der Waals surface area contributed by atoms with Gasteiger partial charge in [0.2, 0.25) is 4.96 Å². The zero-order valence-corrected chi connectivity index (χ0v) is 11.3. The molecule has 1 aliphatic rings. The smallest absolute Gasteiger partial charge is 0.234 e. The average molecular weight is 271 g/mol. The SMILES string of the molecule is Cc1nnc2sc(C3NCCc4ccccc43)nn12. The summed E-state index contributed by atoms with van der Waals surface area (Å²) in [4.78, 5) is 0.859. The quantitative estimate of drug-likeness (QED) is 0.732. The summed E-state index contributed by atoms with van der Waals surface area (Å²) in [6.45, 7) is 2.91. The highest BCUT2D eigenvalue weighted by Crippen LogP contribution is 2.30. The first-order chi connectivity index (χ1) is 9.33. The fourth-order valence-electron chi connectivity index (χ4n) is 2.57. The van der Waals surface area contributed by atoms with Crippen LogP contribution in [-0.4, -0.2) is 26.4 Å². The molecule has 1 unspecified atom stereocenters. The van der Waals surface area contributed by atoms with E-state index in [1.54, 1.807) is 11.3 Å². The first-order valence-corrected chi connectivity index (χ1v) is 7.14. The molecule has 0 amide bonds. The van der Waals surface area contributed by atoms with Crippen LogP contribution in [0, 0.1) is 6.92 Å². The van der Waals surface area contributed by atoms with Crippen molar-refractivity contribution >= 4 is 16.3 Å². The molecule has 96 valence electrons. The van der Waals surface area contributed by atoms with Crippen LogP contribution in [0.5, 0.6) is 0 Å². The predicted molar refractivity (Wildman–Crippen MR) is 73.4 cm³/mol. The lowest BCUT2D eigenvalue weighted by Gasteiger charge is -2.24. The Morgan fingerprint density at radius 1 is 1.32 bits per heavy atom. The van der Waals surface area contributed by atoms with Crippen molar-refractivity contribution in [1.29, 1.82) is 0 Å². The number of hydrogen-bond acceptors (Lipinski definition) is 5. The molecule has 3 aromatic rings. The van der Waals surface area contributed by atoms with Crippen molar-refractivity contribution in [2.75, 3.05) is 6.54 Å².